The lowest BCUT2D eigenvalue weighted by molar-refractivity contribution is -0.106. The van der Waals surface area contributed by atoms with Gasteiger partial charge in [0.2, 0.25) is 16.7 Å². The number of nitrogens with one attached hydrogen (secondary N) is 1. The molecular weight excluding hydrogens is 358 g/mol. The lowest BCUT2D eigenvalue weighted by Gasteiger charge is -2.00. The molecule has 0 saturated carbocycles. The van der Waals surface area contributed by atoms with Gasteiger partial charge in [-0.3, -0.25) is 14.4 Å². The summed E-state index contributed by atoms with van der Waals surface area (Å²) in [5.41, 5.74) is -0.251. The first-order valence-corrected chi connectivity index (χ1v) is 9.52. The van der Waals surface area contributed by atoms with Crippen LogP contribution in [0.3, 0.4) is 0 Å². The number of anilines is 1. The van der Waals surface area contributed by atoms with Crippen LogP contribution < -0.4 is 5.09 Å². The molecule has 1 heterocycles. The molecule has 0 aliphatic rings. The molecule has 1 rings (SSSR count). The van der Waals surface area contributed by atoms with E-state index in [0.717, 1.165) is 11.5 Å². The molecule has 0 atom stereocenters. The van der Waals surface area contributed by atoms with Crippen LogP contribution in [-0.4, -0.2) is 26.9 Å². The Morgan fingerprint density at radius 2 is 2.26 bits per heavy atom. The Bertz CT molecular complexity index is 531. The highest BCUT2D eigenvalue weighted by molar-refractivity contribution is 8.09. The van der Waals surface area contributed by atoms with Crippen molar-refractivity contribution in [3.63, 3.8) is 0 Å². The minimum Gasteiger partial charge on any atom is -0.395 e. The quantitative estimate of drug-likeness (QED) is 0.261. The van der Waals surface area contributed by atoms with E-state index in [1.807, 2.05) is 6.92 Å². The summed E-state index contributed by atoms with van der Waals surface area (Å²) < 4.78 is 14.9. The van der Waals surface area contributed by atoms with E-state index in [9.17, 15) is 9.36 Å². The molecule has 12 heteroatoms. The summed E-state index contributed by atoms with van der Waals surface area (Å²) in [6.07, 6.45) is 0.715. The number of halogens is 3. The Morgan fingerprint density at radius 3 is 2.79 bits per heavy atom. The van der Waals surface area contributed by atoms with Crippen molar-refractivity contribution in [2.45, 2.75) is 13.3 Å². The number of hydrogen-bond donors (Lipinski definition) is 1. The van der Waals surface area contributed by atoms with E-state index in [1.165, 1.54) is 0 Å². The zero-order valence-electron chi connectivity index (χ0n) is 9.47. The Labute approximate surface area is 127 Å². The van der Waals surface area contributed by atoms with Crippen molar-refractivity contribution >= 4 is 67.7 Å². The van der Waals surface area contributed by atoms with Crippen LogP contribution in [0.5, 0.6) is 0 Å². The number of aromatic nitrogens is 2. The average Bonchev–Trinajstić information content (AvgIpc) is 2.69. The molecule has 0 amide bonds. The molecule has 0 aliphatic heterocycles. The van der Waals surface area contributed by atoms with Gasteiger partial charge >= 0.3 is 6.00 Å². The van der Waals surface area contributed by atoms with Gasteiger partial charge < -0.3 is 4.84 Å². The van der Waals surface area contributed by atoms with Crippen molar-refractivity contribution in [2.75, 3.05) is 11.7 Å². The summed E-state index contributed by atoms with van der Waals surface area (Å²) in [4.78, 5) is 19.9. The zero-order chi connectivity index (χ0) is 14.5. The van der Waals surface area contributed by atoms with Crippen molar-refractivity contribution in [3.05, 3.63) is 5.82 Å². The van der Waals surface area contributed by atoms with Crippen molar-refractivity contribution in [1.29, 1.82) is 0 Å². The monoisotopic (exact) mass is 364 g/mol. The van der Waals surface area contributed by atoms with Crippen LogP contribution in [0.15, 0.2) is 5.16 Å². The smallest absolute Gasteiger partial charge is 0.345 e. The van der Waals surface area contributed by atoms with Crippen molar-refractivity contribution < 1.29 is 14.2 Å². The first-order valence-electron chi connectivity index (χ1n) is 4.85. The van der Waals surface area contributed by atoms with Gasteiger partial charge in [0.25, 0.3) is 5.24 Å². The summed E-state index contributed by atoms with van der Waals surface area (Å²) in [6.45, 7) is 2.20. The van der Waals surface area contributed by atoms with Crippen molar-refractivity contribution in [1.82, 2.24) is 9.36 Å². The molecule has 0 unspecified atom stereocenters. The Morgan fingerprint density at radius 1 is 1.58 bits per heavy atom. The number of oxime groups is 1. The zero-order valence-corrected chi connectivity index (χ0v) is 13.4. The van der Waals surface area contributed by atoms with Crippen LogP contribution in [0.4, 0.5) is 5.13 Å². The first-order chi connectivity index (χ1) is 8.83. The second-order valence-electron chi connectivity index (χ2n) is 3.04. The molecule has 0 saturated heterocycles. The third-order valence-corrected chi connectivity index (χ3v) is 3.44. The van der Waals surface area contributed by atoms with E-state index in [4.69, 9.17) is 38.9 Å². The fourth-order valence-corrected chi connectivity index (χ4v) is 2.99. The largest absolute Gasteiger partial charge is 0.395 e. The predicted molar refractivity (Wildman–Crippen MR) is 76.5 cm³/mol. The van der Waals surface area contributed by atoms with Gasteiger partial charge in [0.15, 0.2) is 0 Å². The maximum atomic E-state index is 11.2. The highest BCUT2D eigenvalue weighted by Gasteiger charge is 2.21. The van der Waals surface area contributed by atoms with E-state index in [-0.39, 0.29) is 16.7 Å². The SMILES string of the molecule is CCCO/N=C(/C(=O)Cl)c1nsc(NP(=O)(Cl)Cl)n1. The van der Waals surface area contributed by atoms with E-state index in [0.29, 0.717) is 13.0 Å². The summed E-state index contributed by atoms with van der Waals surface area (Å²) in [6, 6.07) is 0. The molecule has 0 aromatic carbocycles. The fraction of sp³-hybridized carbons (Fsp3) is 0.429. The Kier molecular flexibility index (Phi) is 6.49. The summed E-state index contributed by atoms with van der Waals surface area (Å²) in [7, 11) is 0. The topological polar surface area (TPSA) is 93.5 Å². The molecule has 1 aromatic heterocycles. The van der Waals surface area contributed by atoms with Crippen LogP contribution in [0.1, 0.15) is 19.2 Å². The molecule has 0 spiro atoms. The lowest BCUT2D eigenvalue weighted by atomic mass is 10.4. The number of nitrogens with zero attached hydrogens (tertiary/aromatic N) is 3. The van der Waals surface area contributed by atoms with Gasteiger partial charge in [-0.2, -0.15) is 9.36 Å². The van der Waals surface area contributed by atoms with Crippen molar-refractivity contribution in [3.8, 4) is 0 Å². The van der Waals surface area contributed by atoms with Crippen molar-refractivity contribution in [2.24, 2.45) is 5.16 Å². The molecule has 106 valence electrons. The normalized spacial score (nSPS) is 12.3. The standard InChI is InChI=1S/C7H8Cl3N4O3PS/c1-2-3-17-12-4(5(8)15)6-11-7(19-14-6)13-18(9,10)16/h2-3H2,1H3,(H,11,13,14,16)/b12-4-. The molecule has 0 fully saturated rings. The maximum Gasteiger partial charge on any atom is 0.345 e. The summed E-state index contributed by atoms with van der Waals surface area (Å²) in [5, 5.41) is 4.99. The first kappa shape index (κ1) is 16.7. The number of carbonyl (C=O) groups is 1. The molecule has 0 bridgehead atoms. The van der Waals surface area contributed by atoms with Crippen LogP contribution >= 0.6 is 51.6 Å². The average molecular weight is 366 g/mol. The van der Waals surface area contributed by atoms with Gasteiger partial charge in [-0.1, -0.05) is 12.1 Å². The Hall–Kier alpha value is -0.400. The highest BCUT2D eigenvalue weighted by Crippen LogP contribution is 2.55. The number of hydrogen-bond acceptors (Lipinski definition) is 7. The summed E-state index contributed by atoms with van der Waals surface area (Å²) in [5.74, 6) is -3.61. The van der Waals surface area contributed by atoms with Crippen LogP contribution in [0, 0.1) is 0 Å². The van der Waals surface area contributed by atoms with Crippen LogP contribution in [0.2, 0.25) is 0 Å². The molecule has 7 nitrogen and oxygen atoms in total. The molecule has 0 aliphatic carbocycles. The minimum absolute atomic E-state index is 0.0645. The van der Waals surface area contributed by atoms with Gasteiger partial charge in [0.05, 0.1) is 0 Å². The van der Waals surface area contributed by atoms with Crippen LogP contribution in [-0.2, 0) is 14.2 Å². The van der Waals surface area contributed by atoms with Gasteiger partial charge in [0.1, 0.15) is 6.61 Å². The maximum absolute atomic E-state index is 11.2. The predicted octanol–water partition coefficient (Wildman–Crippen LogP) is 3.43. The molecule has 19 heavy (non-hydrogen) atoms. The third kappa shape index (κ3) is 6.05. The van der Waals surface area contributed by atoms with Crippen LogP contribution in [0.25, 0.3) is 0 Å². The molecular formula is C7H8Cl3N4O3PS. The molecule has 0 radical (unpaired) electrons. The fourth-order valence-electron chi connectivity index (χ4n) is 0.843. The second kappa shape index (κ2) is 7.40. The summed E-state index contributed by atoms with van der Waals surface area (Å²) >= 11 is 16.8. The molecule has 1 N–H and O–H groups in total. The van der Waals surface area contributed by atoms with E-state index in [2.05, 4.69) is 19.6 Å². The molecule has 1 aromatic rings. The van der Waals surface area contributed by atoms with Gasteiger partial charge in [-0.15, -0.1) is 0 Å². The number of carbonyl (C=O) groups excluding carboxylic acids is 1. The van der Waals surface area contributed by atoms with Gasteiger partial charge in [-0.05, 0) is 40.5 Å². The number of rotatable bonds is 7. The van der Waals surface area contributed by atoms with E-state index in [1.54, 1.807) is 0 Å². The van der Waals surface area contributed by atoms with E-state index < -0.39 is 11.2 Å². The van der Waals surface area contributed by atoms with E-state index >= 15 is 0 Å². The van der Waals surface area contributed by atoms with Gasteiger partial charge in [0, 0.05) is 11.5 Å². The highest BCUT2D eigenvalue weighted by atomic mass is 35.9. The minimum atomic E-state index is -3.54. The van der Waals surface area contributed by atoms with Gasteiger partial charge in [-0.25, -0.2) is 0 Å². The third-order valence-electron chi connectivity index (χ3n) is 1.50. The lowest BCUT2D eigenvalue weighted by Crippen LogP contribution is -2.12. The Balaban J connectivity index is 2.90. The second-order valence-corrected chi connectivity index (χ2v) is 8.66.